The number of hydrogen-bond donors (Lipinski definition) is 2. The Bertz CT molecular complexity index is 540. The van der Waals surface area contributed by atoms with E-state index in [4.69, 9.17) is 16.8 Å². The number of benzene rings is 1. The van der Waals surface area contributed by atoms with Gasteiger partial charge in [0.15, 0.2) is 0 Å². The second-order valence-electron chi connectivity index (χ2n) is 5.17. The summed E-state index contributed by atoms with van der Waals surface area (Å²) in [7, 11) is 1.54. The van der Waals surface area contributed by atoms with Crippen LogP contribution in [0.15, 0.2) is 12.1 Å². The van der Waals surface area contributed by atoms with Crippen molar-refractivity contribution < 1.29 is 18.4 Å². The molecule has 9 heteroatoms. The summed E-state index contributed by atoms with van der Waals surface area (Å²) < 4.78 is 38.7. The van der Waals surface area contributed by atoms with Crippen molar-refractivity contribution in [2.24, 2.45) is 5.92 Å². The number of hydrogen-bond acceptors (Lipinski definition) is 5. The predicted molar refractivity (Wildman–Crippen MR) is 79.6 cm³/mol. The van der Waals surface area contributed by atoms with Crippen LogP contribution in [0.25, 0.3) is 0 Å². The van der Waals surface area contributed by atoms with Gasteiger partial charge in [-0.1, -0.05) is 11.6 Å². The van der Waals surface area contributed by atoms with Crippen LogP contribution in [0.5, 0.6) is 0 Å². The van der Waals surface area contributed by atoms with Crippen molar-refractivity contribution in [2.75, 3.05) is 35.6 Å². The van der Waals surface area contributed by atoms with Crippen LogP contribution < -0.4 is 15.4 Å². The fourth-order valence-electron chi connectivity index (χ4n) is 2.62. The molecule has 0 aromatic heterocycles. The Morgan fingerprint density at radius 1 is 1.45 bits per heavy atom. The third-order valence-electron chi connectivity index (χ3n) is 3.77. The molecule has 0 aliphatic carbocycles. The molecule has 1 aliphatic heterocycles. The maximum absolute atomic E-state index is 12.9. The molecule has 2 N–H and O–H groups in total. The molecular formula is C13H16ClF3N3O2-. The number of nitrogens with zero attached hydrogens (tertiary/aromatic N) is 2. The molecule has 1 aromatic rings. The lowest BCUT2D eigenvalue weighted by molar-refractivity contribution is -0.175. The van der Waals surface area contributed by atoms with E-state index in [2.05, 4.69) is 5.32 Å². The lowest BCUT2D eigenvalue weighted by Crippen LogP contribution is -2.41. The van der Waals surface area contributed by atoms with Gasteiger partial charge in [0.1, 0.15) is 0 Å². The zero-order chi connectivity index (χ0) is 16.5. The highest BCUT2D eigenvalue weighted by Crippen LogP contribution is 2.40. The minimum absolute atomic E-state index is 0.0966. The van der Waals surface area contributed by atoms with E-state index >= 15 is 0 Å². The van der Waals surface area contributed by atoms with Crippen molar-refractivity contribution >= 4 is 28.7 Å². The highest BCUT2D eigenvalue weighted by Gasteiger charge is 2.42. The second kappa shape index (κ2) is 6.39. The number of nitrogens with one attached hydrogen (secondary N) is 1. The van der Waals surface area contributed by atoms with Crippen LogP contribution in [0.3, 0.4) is 0 Å². The summed E-state index contributed by atoms with van der Waals surface area (Å²) in [4.78, 5) is 1.56. The topological polar surface area (TPSA) is 61.8 Å². The second-order valence-corrected chi connectivity index (χ2v) is 5.58. The van der Waals surface area contributed by atoms with Gasteiger partial charge in [-0.05, 0) is 25.0 Å². The molecule has 22 heavy (non-hydrogen) atoms. The van der Waals surface area contributed by atoms with E-state index in [-0.39, 0.29) is 34.6 Å². The molecule has 5 nitrogen and oxygen atoms in total. The number of rotatable bonds is 3. The molecule has 1 atom stereocenters. The number of anilines is 3. The van der Waals surface area contributed by atoms with Gasteiger partial charge in [-0.3, -0.25) is 5.21 Å². The Hall–Kier alpha value is -1.38. The van der Waals surface area contributed by atoms with E-state index in [1.54, 1.807) is 4.90 Å². The highest BCUT2D eigenvalue weighted by atomic mass is 35.5. The molecule has 2 rings (SSSR count). The van der Waals surface area contributed by atoms with Crippen LogP contribution in [0.1, 0.15) is 12.8 Å². The Morgan fingerprint density at radius 3 is 2.68 bits per heavy atom. The first-order chi connectivity index (χ1) is 10.2. The highest BCUT2D eigenvalue weighted by molar-refractivity contribution is 6.33. The molecule has 0 saturated carbocycles. The van der Waals surface area contributed by atoms with Crippen LogP contribution in [0, 0.1) is 11.1 Å². The average molecular weight is 339 g/mol. The summed E-state index contributed by atoms with van der Waals surface area (Å²) in [6.45, 7) is 0.279. The lowest BCUT2D eigenvalue weighted by Gasteiger charge is -2.36. The fourth-order valence-corrected chi connectivity index (χ4v) is 2.89. The molecule has 1 aliphatic rings. The SMILES string of the molecule is CNc1cc(N2CCCC(C(F)(F)F)C2)c(Cl)cc1N([O-])O. The molecule has 1 aromatic carbocycles. The minimum Gasteiger partial charge on any atom is -0.733 e. The first-order valence-corrected chi connectivity index (χ1v) is 7.11. The van der Waals surface area contributed by atoms with Gasteiger partial charge >= 0.3 is 6.18 Å². The third-order valence-corrected chi connectivity index (χ3v) is 4.07. The van der Waals surface area contributed by atoms with Crippen molar-refractivity contribution in [3.8, 4) is 0 Å². The Balaban J connectivity index is 2.32. The standard InChI is InChI=1S/C13H16ClF3N3O2/c1-18-10-6-11(9(14)5-12(10)20(21)22)19-4-2-3-8(7-19)13(15,16)17/h5-6,8,18,21H,2-4,7H2,1H3/q-1. The van der Waals surface area contributed by atoms with Gasteiger partial charge in [-0.25, -0.2) is 0 Å². The molecule has 1 saturated heterocycles. The predicted octanol–water partition coefficient (Wildman–Crippen LogP) is 3.85. The number of piperidine rings is 1. The molecular weight excluding hydrogens is 323 g/mol. The van der Waals surface area contributed by atoms with Gasteiger partial charge in [0, 0.05) is 20.1 Å². The van der Waals surface area contributed by atoms with Gasteiger partial charge in [-0.2, -0.15) is 13.2 Å². The van der Waals surface area contributed by atoms with Crippen LogP contribution >= 0.6 is 11.6 Å². The fraction of sp³-hybridized carbons (Fsp3) is 0.538. The molecule has 1 heterocycles. The van der Waals surface area contributed by atoms with Gasteiger partial charge in [0.25, 0.3) is 0 Å². The molecule has 1 fully saturated rings. The van der Waals surface area contributed by atoms with Gasteiger partial charge in [-0.15, -0.1) is 0 Å². The van der Waals surface area contributed by atoms with Gasteiger partial charge < -0.3 is 20.7 Å². The molecule has 0 spiro atoms. The van der Waals surface area contributed by atoms with E-state index in [1.807, 2.05) is 0 Å². The lowest BCUT2D eigenvalue weighted by atomic mass is 9.97. The van der Waals surface area contributed by atoms with Crippen LogP contribution in [0.4, 0.5) is 30.2 Å². The monoisotopic (exact) mass is 338 g/mol. The maximum atomic E-state index is 12.9. The molecule has 0 radical (unpaired) electrons. The summed E-state index contributed by atoms with van der Waals surface area (Å²) in [5.74, 6) is -1.40. The van der Waals surface area contributed by atoms with E-state index in [0.717, 1.165) is 0 Å². The van der Waals surface area contributed by atoms with Crippen molar-refractivity contribution in [3.63, 3.8) is 0 Å². The largest absolute Gasteiger partial charge is 0.733 e. The van der Waals surface area contributed by atoms with Crippen LogP contribution in [-0.2, 0) is 0 Å². The Kier molecular flexibility index (Phi) is 4.93. The summed E-state index contributed by atoms with van der Waals surface area (Å²) in [5, 5.41) is 22.6. The average Bonchev–Trinajstić information content (AvgIpc) is 2.46. The Labute approximate surface area is 130 Å². The number of alkyl halides is 3. The van der Waals surface area contributed by atoms with E-state index in [0.29, 0.717) is 18.7 Å². The van der Waals surface area contributed by atoms with Crippen molar-refractivity contribution in [1.82, 2.24) is 0 Å². The minimum atomic E-state index is -4.24. The van der Waals surface area contributed by atoms with Crippen LogP contribution in [-0.4, -0.2) is 31.5 Å². The first-order valence-electron chi connectivity index (χ1n) is 6.73. The molecule has 124 valence electrons. The zero-order valence-electron chi connectivity index (χ0n) is 11.8. The maximum Gasteiger partial charge on any atom is 0.393 e. The Morgan fingerprint density at radius 2 is 2.14 bits per heavy atom. The first kappa shape index (κ1) is 17.0. The normalized spacial score (nSPS) is 19.2. The van der Waals surface area contributed by atoms with Crippen LogP contribution in [0.2, 0.25) is 5.02 Å². The van der Waals surface area contributed by atoms with Gasteiger partial charge in [0.05, 0.1) is 28.0 Å². The molecule has 0 bridgehead atoms. The quantitative estimate of drug-likeness (QED) is 0.820. The van der Waals surface area contributed by atoms with Crippen molar-refractivity contribution in [2.45, 2.75) is 19.0 Å². The summed E-state index contributed by atoms with van der Waals surface area (Å²) >= 11 is 6.07. The molecule has 1 unspecified atom stereocenters. The van der Waals surface area contributed by atoms with Crippen molar-refractivity contribution in [3.05, 3.63) is 22.4 Å². The van der Waals surface area contributed by atoms with Crippen molar-refractivity contribution in [1.29, 1.82) is 0 Å². The smallest absolute Gasteiger partial charge is 0.393 e. The summed E-state index contributed by atoms with van der Waals surface area (Å²) in [5.41, 5.74) is 0.595. The zero-order valence-corrected chi connectivity index (χ0v) is 12.6. The molecule has 0 amide bonds. The summed E-state index contributed by atoms with van der Waals surface area (Å²) in [6, 6.07) is 2.70. The van der Waals surface area contributed by atoms with E-state index in [1.165, 1.54) is 19.2 Å². The van der Waals surface area contributed by atoms with Gasteiger partial charge in [0.2, 0.25) is 0 Å². The third kappa shape index (κ3) is 3.50. The summed E-state index contributed by atoms with van der Waals surface area (Å²) in [6.07, 6.45) is -3.74. The van der Waals surface area contributed by atoms with E-state index < -0.39 is 12.1 Å². The van der Waals surface area contributed by atoms with E-state index in [9.17, 15) is 18.4 Å². The number of halogens is 4.